The number of hydrogen-bond acceptors (Lipinski definition) is 2. The van der Waals surface area contributed by atoms with Crippen molar-refractivity contribution in [2.75, 3.05) is 7.05 Å². The molecule has 0 amide bonds. The molecule has 0 aliphatic carbocycles. The van der Waals surface area contributed by atoms with E-state index in [2.05, 4.69) is 6.58 Å². The first-order chi connectivity index (χ1) is 7.37. The second kappa shape index (κ2) is 4.55. The molecule has 16 heavy (non-hydrogen) atoms. The molecular formula is C12H19NO2S. The van der Waals surface area contributed by atoms with Crippen molar-refractivity contribution >= 4 is 10.0 Å². The van der Waals surface area contributed by atoms with E-state index in [1.54, 1.807) is 7.05 Å². The van der Waals surface area contributed by atoms with Crippen molar-refractivity contribution in [1.29, 1.82) is 0 Å². The van der Waals surface area contributed by atoms with Crippen LogP contribution in [0.3, 0.4) is 0 Å². The molecule has 1 aliphatic heterocycles. The normalized spacial score (nSPS) is 25.9. The number of rotatable bonds is 3. The summed E-state index contributed by atoms with van der Waals surface area (Å²) in [6, 6.07) is -0.0887. The predicted octanol–water partition coefficient (Wildman–Crippen LogP) is 2.30. The second-order valence-electron chi connectivity index (χ2n) is 4.23. The van der Waals surface area contributed by atoms with Gasteiger partial charge in [-0.1, -0.05) is 32.6 Å². The van der Waals surface area contributed by atoms with E-state index in [-0.39, 0.29) is 12.0 Å². The van der Waals surface area contributed by atoms with Gasteiger partial charge in [-0.05, 0) is 24.5 Å². The fourth-order valence-electron chi connectivity index (χ4n) is 2.16. The standard InChI is InChI=1S/C12H19NO2S/c1-6-8-10-11(7-2)16(14,15)13(5)12(10)9(3)4/h6-9,12H,2H2,1,3-5H3/b8-6-. The van der Waals surface area contributed by atoms with Gasteiger partial charge in [0.15, 0.2) is 0 Å². The third-order valence-corrected chi connectivity index (χ3v) is 4.76. The molecule has 0 saturated carbocycles. The minimum absolute atomic E-state index is 0.0887. The number of nitrogens with zero attached hydrogens (tertiary/aromatic N) is 1. The Morgan fingerprint density at radius 1 is 1.44 bits per heavy atom. The van der Waals surface area contributed by atoms with Crippen LogP contribution in [0.2, 0.25) is 0 Å². The van der Waals surface area contributed by atoms with Gasteiger partial charge in [-0.15, -0.1) is 0 Å². The number of likely N-dealkylation sites (N-methyl/N-ethyl adjacent to an activating group) is 1. The summed E-state index contributed by atoms with van der Waals surface area (Å²) in [6.07, 6.45) is 5.16. The molecule has 90 valence electrons. The van der Waals surface area contributed by atoms with E-state index in [0.29, 0.717) is 4.91 Å². The molecule has 1 unspecified atom stereocenters. The fraction of sp³-hybridized carbons (Fsp3) is 0.500. The first kappa shape index (κ1) is 13.2. The van der Waals surface area contributed by atoms with E-state index in [1.807, 2.05) is 32.9 Å². The largest absolute Gasteiger partial charge is 0.243 e. The van der Waals surface area contributed by atoms with Gasteiger partial charge >= 0.3 is 0 Å². The summed E-state index contributed by atoms with van der Waals surface area (Å²) in [5.74, 6) is 0.239. The van der Waals surface area contributed by atoms with Crippen LogP contribution in [0.5, 0.6) is 0 Å². The minimum atomic E-state index is -3.34. The van der Waals surface area contributed by atoms with Crippen LogP contribution in [0.4, 0.5) is 0 Å². The molecule has 3 nitrogen and oxygen atoms in total. The molecule has 0 saturated heterocycles. The zero-order valence-electron chi connectivity index (χ0n) is 10.3. The first-order valence-electron chi connectivity index (χ1n) is 5.35. The van der Waals surface area contributed by atoms with Gasteiger partial charge in [0.25, 0.3) is 0 Å². The lowest BCUT2D eigenvalue weighted by atomic mass is 9.95. The number of hydrogen-bond donors (Lipinski definition) is 0. The summed E-state index contributed by atoms with van der Waals surface area (Å²) in [7, 11) is -1.71. The monoisotopic (exact) mass is 241 g/mol. The highest BCUT2D eigenvalue weighted by atomic mass is 32.2. The minimum Gasteiger partial charge on any atom is -0.207 e. The summed E-state index contributed by atoms with van der Waals surface area (Å²) in [5, 5.41) is 0. The summed E-state index contributed by atoms with van der Waals surface area (Å²) in [4.78, 5) is 0.340. The van der Waals surface area contributed by atoms with E-state index in [9.17, 15) is 8.42 Å². The van der Waals surface area contributed by atoms with Crippen molar-refractivity contribution in [2.45, 2.75) is 26.8 Å². The van der Waals surface area contributed by atoms with Crippen molar-refractivity contribution in [3.8, 4) is 0 Å². The molecule has 0 spiro atoms. The maximum absolute atomic E-state index is 12.1. The number of sulfonamides is 1. The predicted molar refractivity (Wildman–Crippen MR) is 67.3 cm³/mol. The molecule has 1 heterocycles. The average molecular weight is 241 g/mol. The molecule has 1 aliphatic rings. The molecule has 0 aromatic carbocycles. The highest BCUT2D eigenvalue weighted by Gasteiger charge is 2.41. The van der Waals surface area contributed by atoms with E-state index in [0.717, 1.165) is 5.57 Å². The molecule has 0 aromatic rings. The van der Waals surface area contributed by atoms with Crippen molar-refractivity contribution in [3.05, 3.63) is 35.3 Å². The van der Waals surface area contributed by atoms with Crippen LogP contribution in [0, 0.1) is 5.92 Å². The Morgan fingerprint density at radius 2 is 2.00 bits per heavy atom. The maximum Gasteiger partial charge on any atom is 0.243 e. The molecule has 0 radical (unpaired) electrons. The van der Waals surface area contributed by atoms with Crippen molar-refractivity contribution in [2.24, 2.45) is 5.92 Å². The molecule has 4 heteroatoms. The van der Waals surface area contributed by atoms with Crippen LogP contribution >= 0.6 is 0 Å². The smallest absolute Gasteiger partial charge is 0.207 e. The van der Waals surface area contributed by atoms with Gasteiger partial charge in [-0.2, -0.15) is 4.31 Å². The summed E-state index contributed by atoms with van der Waals surface area (Å²) < 4.78 is 25.6. The van der Waals surface area contributed by atoms with Gasteiger partial charge in [0.1, 0.15) is 0 Å². The first-order valence-corrected chi connectivity index (χ1v) is 6.79. The summed E-state index contributed by atoms with van der Waals surface area (Å²) in [6.45, 7) is 9.53. The molecule has 1 rings (SSSR count). The highest BCUT2D eigenvalue weighted by molar-refractivity contribution is 7.93. The average Bonchev–Trinajstić information content (AvgIpc) is 2.35. The van der Waals surface area contributed by atoms with Gasteiger partial charge < -0.3 is 0 Å². The second-order valence-corrected chi connectivity index (χ2v) is 6.20. The SMILES string of the molecule is C=CC1=C(/C=C\C)C(C(C)C)N(C)S1(=O)=O. The molecule has 0 N–H and O–H groups in total. The zero-order chi connectivity index (χ0) is 12.5. The molecule has 0 aromatic heterocycles. The lowest BCUT2D eigenvalue weighted by Crippen LogP contribution is -2.35. The third kappa shape index (κ3) is 1.87. The number of allylic oxidation sites excluding steroid dienone is 2. The van der Waals surface area contributed by atoms with E-state index in [4.69, 9.17) is 0 Å². The summed E-state index contributed by atoms with van der Waals surface area (Å²) in [5.41, 5.74) is 0.843. The highest BCUT2D eigenvalue weighted by Crippen LogP contribution is 2.35. The van der Waals surface area contributed by atoms with Crippen molar-refractivity contribution in [3.63, 3.8) is 0 Å². The molecule has 0 fully saturated rings. The van der Waals surface area contributed by atoms with Crippen LogP contribution in [-0.2, 0) is 10.0 Å². The topological polar surface area (TPSA) is 37.4 Å². The van der Waals surface area contributed by atoms with Crippen molar-refractivity contribution in [1.82, 2.24) is 4.31 Å². The Hall–Kier alpha value is -0.870. The van der Waals surface area contributed by atoms with Gasteiger partial charge in [-0.3, -0.25) is 0 Å². The van der Waals surface area contributed by atoms with Gasteiger partial charge in [0, 0.05) is 7.05 Å². The van der Waals surface area contributed by atoms with E-state index in [1.165, 1.54) is 10.4 Å². The Labute approximate surface area is 98.2 Å². The summed E-state index contributed by atoms with van der Waals surface area (Å²) >= 11 is 0. The van der Waals surface area contributed by atoms with Gasteiger partial charge in [0.2, 0.25) is 10.0 Å². The quantitative estimate of drug-likeness (QED) is 0.760. The molecule has 1 atom stereocenters. The van der Waals surface area contributed by atoms with Crippen LogP contribution in [0.1, 0.15) is 20.8 Å². The van der Waals surface area contributed by atoms with Crippen LogP contribution in [0.25, 0.3) is 0 Å². The Balaban J connectivity index is 3.46. The van der Waals surface area contributed by atoms with Crippen molar-refractivity contribution < 1.29 is 8.42 Å². The van der Waals surface area contributed by atoms with Crippen LogP contribution in [-0.4, -0.2) is 25.8 Å². The maximum atomic E-state index is 12.1. The zero-order valence-corrected chi connectivity index (χ0v) is 11.1. The third-order valence-electron chi connectivity index (χ3n) is 2.82. The van der Waals surface area contributed by atoms with Gasteiger partial charge in [0.05, 0.1) is 10.9 Å². The van der Waals surface area contributed by atoms with Gasteiger partial charge in [-0.25, -0.2) is 8.42 Å². The fourth-order valence-corrected chi connectivity index (χ4v) is 3.82. The Kier molecular flexibility index (Phi) is 3.76. The van der Waals surface area contributed by atoms with Crippen LogP contribution < -0.4 is 0 Å². The Bertz CT molecular complexity index is 444. The van der Waals surface area contributed by atoms with Crippen LogP contribution in [0.15, 0.2) is 35.3 Å². The molecule has 0 bridgehead atoms. The lowest BCUT2D eigenvalue weighted by molar-refractivity contribution is 0.350. The Morgan fingerprint density at radius 3 is 2.38 bits per heavy atom. The van der Waals surface area contributed by atoms with E-state index < -0.39 is 10.0 Å². The van der Waals surface area contributed by atoms with E-state index >= 15 is 0 Å². The molecular weight excluding hydrogens is 222 g/mol. The lowest BCUT2D eigenvalue weighted by Gasteiger charge is -2.23.